The second kappa shape index (κ2) is 2.90. The summed E-state index contributed by atoms with van der Waals surface area (Å²) in [7, 11) is 0. The Morgan fingerprint density at radius 3 is 2.62 bits per heavy atom. The van der Waals surface area contributed by atoms with Crippen LogP contribution < -0.4 is 11.1 Å². The van der Waals surface area contributed by atoms with E-state index < -0.39 is 0 Å². The molecule has 3 aliphatic carbocycles. The van der Waals surface area contributed by atoms with Gasteiger partial charge in [-0.1, -0.05) is 0 Å². The zero-order valence-corrected chi connectivity index (χ0v) is 9.26. The SMILES string of the molecule is Nc1cncc(NC2C3C4CCC(C4)C23)c1. The number of anilines is 2. The van der Waals surface area contributed by atoms with E-state index in [9.17, 15) is 0 Å². The van der Waals surface area contributed by atoms with Crippen LogP contribution in [0.25, 0.3) is 0 Å². The molecule has 0 aliphatic heterocycles. The van der Waals surface area contributed by atoms with Gasteiger partial charge in [-0.25, -0.2) is 0 Å². The fourth-order valence-corrected chi connectivity index (χ4v) is 4.25. The Balaban J connectivity index is 1.51. The van der Waals surface area contributed by atoms with E-state index in [0.29, 0.717) is 0 Å². The van der Waals surface area contributed by atoms with Gasteiger partial charge in [-0.05, 0) is 49.0 Å². The van der Waals surface area contributed by atoms with E-state index in [1.165, 1.54) is 19.3 Å². The first-order valence-corrected chi connectivity index (χ1v) is 6.30. The van der Waals surface area contributed by atoms with Crippen LogP contribution in [0.15, 0.2) is 18.5 Å². The highest BCUT2D eigenvalue weighted by Crippen LogP contribution is 2.66. The first-order chi connectivity index (χ1) is 7.83. The molecule has 4 atom stereocenters. The van der Waals surface area contributed by atoms with Crippen LogP contribution in [0.3, 0.4) is 0 Å². The van der Waals surface area contributed by atoms with Gasteiger partial charge in [-0.3, -0.25) is 4.98 Å². The van der Waals surface area contributed by atoms with Gasteiger partial charge >= 0.3 is 0 Å². The molecule has 3 heteroatoms. The highest BCUT2D eigenvalue weighted by atomic mass is 15.0. The Hall–Kier alpha value is -1.25. The minimum atomic E-state index is 0.717. The zero-order chi connectivity index (χ0) is 10.7. The van der Waals surface area contributed by atoms with E-state index in [4.69, 9.17) is 5.73 Å². The zero-order valence-electron chi connectivity index (χ0n) is 9.26. The summed E-state index contributed by atoms with van der Waals surface area (Å²) in [5.41, 5.74) is 7.58. The first-order valence-electron chi connectivity index (χ1n) is 6.30. The fourth-order valence-electron chi connectivity index (χ4n) is 4.25. The van der Waals surface area contributed by atoms with Gasteiger partial charge < -0.3 is 11.1 Å². The third kappa shape index (κ3) is 1.11. The van der Waals surface area contributed by atoms with Crippen LogP contribution in [0.1, 0.15) is 19.3 Å². The number of nitrogen functional groups attached to an aromatic ring is 1. The molecule has 1 heterocycles. The maximum Gasteiger partial charge on any atom is 0.0549 e. The van der Waals surface area contributed by atoms with Crippen LogP contribution in [0.2, 0.25) is 0 Å². The molecule has 2 bridgehead atoms. The average molecular weight is 215 g/mol. The Bertz CT molecular complexity index is 415. The molecule has 0 aromatic carbocycles. The second-order valence-corrected chi connectivity index (χ2v) is 5.66. The molecule has 1 aromatic rings. The van der Waals surface area contributed by atoms with Gasteiger partial charge in [0.15, 0.2) is 0 Å². The normalized spacial score (nSPS) is 43.1. The number of nitrogens with zero attached hydrogens (tertiary/aromatic N) is 1. The molecule has 3 aliphatic rings. The van der Waals surface area contributed by atoms with Crippen LogP contribution in [0.5, 0.6) is 0 Å². The summed E-state index contributed by atoms with van der Waals surface area (Å²) < 4.78 is 0. The largest absolute Gasteiger partial charge is 0.397 e. The lowest BCUT2D eigenvalue weighted by Crippen LogP contribution is -2.12. The number of rotatable bonds is 2. The van der Waals surface area contributed by atoms with Crippen molar-refractivity contribution in [2.45, 2.75) is 25.3 Å². The molecule has 0 amide bonds. The summed E-state index contributed by atoms with van der Waals surface area (Å²) >= 11 is 0. The second-order valence-electron chi connectivity index (χ2n) is 5.66. The smallest absolute Gasteiger partial charge is 0.0549 e. The molecule has 4 rings (SSSR count). The van der Waals surface area contributed by atoms with Gasteiger partial charge in [-0.2, -0.15) is 0 Å². The van der Waals surface area contributed by atoms with Crippen molar-refractivity contribution in [2.24, 2.45) is 23.7 Å². The van der Waals surface area contributed by atoms with E-state index >= 15 is 0 Å². The van der Waals surface area contributed by atoms with Gasteiger partial charge in [0.05, 0.1) is 17.6 Å². The lowest BCUT2D eigenvalue weighted by molar-refractivity contribution is 0.456. The van der Waals surface area contributed by atoms with Crippen LogP contribution in [0.4, 0.5) is 11.4 Å². The maximum atomic E-state index is 5.73. The number of aromatic nitrogens is 1. The fraction of sp³-hybridized carbons (Fsp3) is 0.615. The third-order valence-electron chi connectivity index (χ3n) is 4.83. The van der Waals surface area contributed by atoms with Crippen molar-refractivity contribution < 1.29 is 0 Å². The summed E-state index contributed by atoms with van der Waals surface area (Å²) in [6, 6.07) is 2.71. The van der Waals surface area contributed by atoms with E-state index in [2.05, 4.69) is 10.3 Å². The average Bonchev–Trinajstić information content (AvgIpc) is 2.70. The Morgan fingerprint density at radius 1 is 1.19 bits per heavy atom. The Kier molecular flexibility index (Phi) is 1.61. The number of fused-ring (bicyclic) bond motifs is 5. The molecule has 3 fully saturated rings. The van der Waals surface area contributed by atoms with E-state index in [0.717, 1.165) is 41.1 Å². The monoisotopic (exact) mass is 215 g/mol. The minimum Gasteiger partial charge on any atom is -0.397 e. The summed E-state index contributed by atoms with van der Waals surface area (Å²) in [5.74, 6) is 3.95. The van der Waals surface area contributed by atoms with Gasteiger partial charge in [-0.15, -0.1) is 0 Å². The first kappa shape index (κ1) is 8.85. The van der Waals surface area contributed by atoms with Crippen LogP contribution in [0, 0.1) is 23.7 Å². The molecule has 84 valence electrons. The molecule has 0 saturated heterocycles. The lowest BCUT2D eigenvalue weighted by atomic mass is 10.0. The number of nitrogens with two attached hydrogens (primary N) is 1. The standard InChI is InChI=1S/C13H17N3/c14-9-4-10(6-15-5-9)16-13-11-7-1-2-8(3-7)12(11)13/h4-8,11-13,16H,1-3,14H2. The van der Waals surface area contributed by atoms with Gasteiger partial charge in [0, 0.05) is 12.2 Å². The van der Waals surface area contributed by atoms with E-state index in [1.54, 1.807) is 6.20 Å². The molecule has 3 N–H and O–H groups in total. The van der Waals surface area contributed by atoms with Crippen LogP contribution in [-0.4, -0.2) is 11.0 Å². The number of hydrogen-bond donors (Lipinski definition) is 2. The quantitative estimate of drug-likeness (QED) is 0.794. The van der Waals surface area contributed by atoms with Gasteiger partial charge in [0.25, 0.3) is 0 Å². The topological polar surface area (TPSA) is 50.9 Å². The summed E-state index contributed by atoms with van der Waals surface area (Å²) in [6.45, 7) is 0. The van der Waals surface area contributed by atoms with Crippen molar-refractivity contribution in [3.05, 3.63) is 18.5 Å². The maximum absolute atomic E-state index is 5.73. The van der Waals surface area contributed by atoms with Crippen LogP contribution >= 0.6 is 0 Å². The molecule has 3 nitrogen and oxygen atoms in total. The molecule has 4 unspecified atom stereocenters. The Morgan fingerprint density at radius 2 is 1.94 bits per heavy atom. The van der Waals surface area contributed by atoms with E-state index in [-0.39, 0.29) is 0 Å². The van der Waals surface area contributed by atoms with Gasteiger partial charge in [0.2, 0.25) is 0 Å². The highest BCUT2D eigenvalue weighted by molar-refractivity contribution is 5.53. The van der Waals surface area contributed by atoms with Crippen molar-refractivity contribution in [1.29, 1.82) is 0 Å². The molecule has 0 spiro atoms. The third-order valence-corrected chi connectivity index (χ3v) is 4.83. The van der Waals surface area contributed by atoms with Crippen molar-refractivity contribution in [3.8, 4) is 0 Å². The summed E-state index contributed by atoms with van der Waals surface area (Å²) in [6.07, 6.45) is 8.02. The molecular formula is C13H17N3. The van der Waals surface area contributed by atoms with E-state index in [1.807, 2.05) is 12.3 Å². The Labute approximate surface area is 95.4 Å². The highest BCUT2D eigenvalue weighted by Gasteiger charge is 2.64. The molecular weight excluding hydrogens is 198 g/mol. The molecule has 3 saturated carbocycles. The van der Waals surface area contributed by atoms with Crippen molar-refractivity contribution in [1.82, 2.24) is 4.98 Å². The van der Waals surface area contributed by atoms with Crippen molar-refractivity contribution in [2.75, 3.05) is 11.1 Å². The molecule has 16 heavy (non-hydrogen) atoms. The van der Waals surface area contributed by atoms with Crippen molar-refractivity contribution >= 4 is 11.4 Å². The number of pyridine rings is 1. The number of nitrogens with one attached hydrogen (secondary N) is 1. The number of hydrogen-bond acceptors (Lipinski definition) is 3. The molecule has 1 aromatic heterocycles. The van der Waals surface area contributed by atoms with Crippen molar-refractivity contribution in [3.63, 3.8) is 0 Å². The predicted octanol–water partition coefficient (Wildman–Crippen LogP) is 2.12. The molecule has 0 radical (unpaired) electrons. The predicted molar refractivity (Wildman–Crippen MR) is 63.9 cm³/mol. The lowest BCUT2D eigenvalue weighted by Gasteiger charge is -2.11. The minimum absolute atomic E-state index is 0.717. The summed E-state index contributed by atoms with van der Waals surface area (Å²) in [4.78, 5) is 4.13. The van der Waals surface area contributed by atoms with Gasteiger partial charge in [0.1, 0.15) is 0 Å². The van der Waals surface area contributed by atoms with Crippen LogP contribution in [-0.2, 0) is 0 Å². The summed E-state index contributed by atoms with van der Waals surface area (Å²) in [5, 5.41) is 3.62.